The molecule has 0 aromatic carbocycles. The van der Waals surface area contributed by atoms with Crippen LogP contribution < -0.4 is 4.72 Å². The van der Waals surface area contributed by atoms with E-state index in [1.54, 1.807) is 0 Å². The second-order valence-corrected chi connectivity index (χ2v) is 5.44. The largest absolute Gasteiger partial charge is 0.481 e. The van der Waals surface area contributed by atoms with Crippen molar-refractivity contribution in [2.75, 3.05) is 18.3 Å². The molecule has 1 heterocycles. The molecule has 0 aliphatic heterocycles. The van der Waals surface area contributed by atoms with E-state index in [0.29, 0.717) is 0 Å². The molecular weight excluding hydrogens is 284 g/mol. The molecule has 0 radical (unpaired) electrons. The first-order valence-electron chi connectivity index (χ1n) is 4.75. The Morgan fingerprint density at radius 1 is 1.61 bits per heavy atom. The molecule has 0 fully saturated rings. The van der Waals surface area contributed by atoms with E-state index < -0.39 is 16.2 Å². The van der Waals surface area contributed by atoms with Gasteiger partial charge in [0, 0.05) is 19.8 Å². The number of halogens is 1. The molecule has 0 saturated carbocycles. The molecule has 0 aliphatic rings. The molecule has 2 N–H and O–H groups in total. The van der Waals surface area contributed by atoms with E-state index in [1.807, 2.05) is 0 Å². The highest BCUT2D eigenvalue weighted by atomic mass is 35.5. The molecule has 0 spiro atoms. The van der Waals surface area contributed by atoms with Crippen molar-refractivity contribution in [2.45, 2.75) is 6.42 Å². The first-order chi connectivity index (χ1) is 8.31. The minimum Gasteiger partial charge on any atom is -0.481 e. The van der Waals surface area contributed by atoms with E-state index in [-0.39, 0.29) is 24.1 Å². The van der Waals surface area contributed by atoms with Crippen LogP contribution >= 0.6 is 11.6 Å². The van der Waals surface area contributed by atoms with Crippen molar-refractivity contribution < 1.29 is 18.3 Å². The third kappa shape index (κ3) is 4.43. The lowest BCUT2D eigenvalue weighted by Gasteiger charge is -2.16. The summed E-state index contributed by atoms with van der Waals surface area (Å²) in [6.07, 6.45) is 0.998. The summed E-state index contributed by atoms with van der Waals surface area (Å²) in [5.74, 6) is -1.26. The third-order valence-electron chi connectivity index (χ3n) is 1.89. The van der Waals surface area contributed by atoms with Gasteiger partial charge in [0.25, 0.3) is 0 Å². The van der Waals surface area contributed by atoms with Gasteiger partial charge >= 0.3 is 16.2 Å². The van der Waals surface area contributed by atoms with Gasteiger partial charge in [0.05, 0.1) is 6.42 Å². The monoisotopic (exact) mass is 294 g/mol. The molecule has 1 aromatic rings. The van der Waals surface area contributed by atoms with Crippen molar-refractivity contribution in [3.8, 4) is 0 Å². The summed E-state index contributed by atoms with van der Waals surface area (Å²) in [6.45, 7) is -0.161. The number of hydrogen-bond acceptors (Lipinski definition) is 5. The van der Waals surface area contributed by atoms with Crippen LogP contribution in [0.4, 0.5) is 5.95 Å². The summed E-state index contributed by atoms with van der Waals surface area (Å²) in [4.78, 5) is 17.7. The van der Waals surface area contributed by atoms with E-state index in [9.17, 15) is 13.2 Å². The van der Waals surface area contributed by atoms with Gasteiger partial charge in [-0.15, -0.1) is 0 Å². The van der Waals surface area contributed by atoms with E-state index in [2.05, 4.69) is 14.7 Å². The normalized spacial score (nSPS) is 11.5. The molecule has 8 nitrogen and oxygen atoms in total. The number of hydrogen-bond donors (Lipinski definition) is 2. The Morgan fingerprint density at radius 2 is 2.28 bits per heavy atom. The molecule has 1 rings (SSSR count). The van der Waals surface area contributed by atoms with Crippen LogP contribution in [0.1, 0.15) is 6.42 Å². The summed E-state index contributed by atoms with van der Waals surface area (Å²) in [5.41, 5.74) is 0. The van der Waals surface area contributed by atoms with Crippen molar-refractivity contribution in [3.63, 3.8) is 0 Å². The molecule has 0 amide bonds. The lowest BCUT2D eigenvalue weighted by molar-refractivity contribution is -0.137. The first-order valence-corrected chi connectivity index (χ1v) is 6.57. The van der Waals surface area contributed by atoms with Crippen molar-refractivity contribution in [3.05, 3.63) is 17.4 Å². The van der Waals surface area contributed by atoms with Crippen LogP contribution in [0.3, 0.4) is 0 Å². The summed E-state index contributed by atoms with van der Waals surface area (Å²) in [6, 6.07) is 1.40. The number of carboxylic acid groups (broad SMARTS) is 1. The van der Waals surface area contributed by atoms with Crippen LogP contribution in [-0.4, -0.2) is 47.4 Å². The van der Waals surface area contributed by atoms with E-state index >= 15 is 0 Å². The fourth-order valence-electron chi connectivity index (χ4n) is 0.952. The van der Waals surface area contributed by atoms with Gasteiger partial charge in [-0.2, -0.15) is 12.7 Å². The number of aromatic nitrogens is 2. The van der Waals surface area contributed by atoms with E-state index in [4.69, 9.17) is 16.7 Å². The number of carboxylic acids is 1. The quantitative estimate of drug-likeness (QED) is 0.724. The van der Waals surface area contributed by atoms with Gasteiger partial charge in [-0.3, -0.25) is 4.79 Å². The van der Waals surface area contributed by atoms with Crippen molar-refractivity contribution in [2.24, 2.45) is 0 Å². The molecule has 0 aliphatic carbocycles. The third-order valence-corrected chi connectivity index (χ3v) is 3.55. The lowest BCUT2D eigenvalue weighted by Crippen LogP contribution is -2.34. The van der Waals surface area contributed by atoms with Gasteiger partial charge in [0.1, 0.15) is 5.15 Å². The smallest absolute Gasteiger partial charge is 0.304 e. The summed E-state index contributed by atoms with van der Waals surface area (Å²) in [5, 5.41) is 8.56. The van der Waals surface area contributed by atoms with Crippen molar-refractivity contribution in [1.29, 1.82) is 0 Å². The minimum atomic E-state index is -3.89. The van der Waals surface area contributed by atoms with Crippen LogP contribution in [0.2, 0.25) is 5.15 Å². The van der Waals surface area contributed by atoms with E-state index in [1.165, 1.54) is 19.3 Å². The Hall–Kier alpha value is -1.45. The SMILES string of the molecule is CN(CCC(=O)O)S(=O)(=O)Nc1nccc(Cl)n1. The van der Waals surface area contributed by atoms with Gasteiger partial charge in [-0.25, -0.2) is 14.7 Å². The number of rotatable bonds is 6. The van der Waals surface area contributed by atoms with Gasteiger partial charge in [-0.1, -0.05) is 11.6 Å². The molecule has 100 valence electrons. The number of nitrogens with one attached hydrogen (secondary N) is 1. The number of nitrogens with zero attached hydrogens (tertiary/aromatic N) is 3. The van der Waals surface area contributed by atoms with Crippen LogP contribution in [0.25, 0.3) is 0 Å². The number of carbonyl (C=O) groups is 1. The lowest BCUT2D eigenvalue weighted by atomic mass is 10.4. The predicted molar refractivity (Wildman–Crippen MR) is 64.5 cm³/mol. The Labute approximate surface area is 109 Å². The molecule has 18 heavy (non-hydrogen) atoms. The number of anilines is 1. The zero-order valence-electron chi connectivity index (χ0n) is 9.37. The zero-order valence-corrected chi connectivity index (χ0v) is 10.9. The Morgan fingerprint density at radius 3 is 2.83 bits per heavy atom. The molecule has 0 atom stereocenters. The van der Waals surface area contributed by atoms with Crippen molar-refractivity contribution in [1.82, 2.24) is 14.3 Å². The Kier molecular flexibility index (Phi) is 4.82. The minimum absolute atomic E-state index is 0.0934. The predicted octanol–water partition coefficient (Wildman–Crippen LogP) is 0.193. The molecule has 10 heteroatoms. The Balaban J connectivity index is 2.72. The highest BCUT2D eigenvalue weighted by molar-refractivity contribution is 7.90. The van der Waals surface area contributed by atoms with Gasteiger partial charge in [0.15, 0.2) is 0 Å². The first kappa shape index (κ1) is 14.6. The average Bonchev–Trinajstić information content (AvgIpc) is 2.25. The highest BCUT2D eigenvalue weighted by Crippen LogP contribution is 2.09. The van der Waals surface area contributed by atoms with Gasteiger partial charge < -0.3 is 5.11 Å². The maximum Gasteiger partial charge on any atom is 0.304 e. The van der Waals surface area contributed by atoms with Crippen LogP contribution in [-0.2, 0) is 15.0 Å². The fourth-order valence-corrected chi connectivity index (χ4v) is 1.91. The van der Waals surface area contributed by atoms with Gasteiger partial charge in [0.2, 0.25) is 5.95 Å². The van der Waals surface area contributed by atoms with Crippen molar-refractivity contribution >= 4 is 33.7 Å². The van der Waals surface area contributed by atoms with Crippen LogP contribution in [0.5, 0.6) is 0 Å². The molecule has 1 aromatic heterocycles. The second kappa shape index (κ2) is 5.94. The standard InChI is InChI=1S/C8H11ClN4O4S/c1-13(5-3-7(14)15)18(16,17)12-8-10-4-2-6(9)11-8/h2,4H,3,5H2,1H3,(H,14,15)(H,10,11,12). The number of aliphatic carboxylic acids is 1. The maximum absolute atomic E-state index is 11.7. The molecule has 0 bridgehead atoms. The second-order valence-electron chi connectivity index (χ2n) is 3.28. The molecule has 0 unspecified atom stereocenters. The summed E-state index contributed by atoms with van der Waals surface area (Å²) in [7, 11) is -2.64. The Bertz CT molecular complexity index is 536. The van der Waals surface area contributed by atoms with E-state index in [0.717, 1.165) is 4.31 Å². The average molecular weight is 295 g/mol. The molecule has 0 saturated heterocycles. The summed E-state index contributed by atoms with van der Waals surface area (Å²) >= 11 is 5.58. The highest BCUT2D eigenvalue weighted by Gasteiger charge is 2.19. The van der Waals surface area contributed by atoms with Gasteiger partial charge in [-0.05, 0) is 6.07 Å². The summed E-state index contributed by atoms with van der Waals surface area (Å²) < 4.78 is 26.4. The maximum atomic E-state index is 11.7. The fraction of sp³-hybridized carbons (Fsp3) is 0.375. The topological polar surface area (TPSA) is 112 Å². The molecular formula is C8H11ClN4O4S. The van der Waals surface area contributed by atoms with Crippen LogP contribution in [0, 0.1) is 0 Å². The zero-order chi connectivity index (χ0) is 13.8. The van der Waals surface area contributed by atoms with Crippen LogP contribution in [0.15, 0.2) is 12.3 Å².